The zero-order valence-electron chi connectivity index (χ0n) is 15.2. The molecule has 1 atom stereocenters. The number of rotatable bonds is 5. The Morgan fingerprint density at radius 3 is 2.76 bits per heavy atom. The third-order valence-electron chi connectivity index (χ3n) is 4.79. The molecule has 2 aromatic carbocycles. The molecule has 0 saturated carbocycles. The minimum Gasteiger partial charge on any atom is -0.444 e. The molecular formula is C21H16FIN2O4. The maximum atomic E-state index is 13.6. The van der Waals surface area contributed by atoms with Gasteiger partial charge in [0.1, 0.15) is 5.82 Å². The van der Waals surface area contributed by atoms with E-state index in [0.29, 0.717) is 29.6 Å². The van der Waals surface area contributed by atoms with E-state index in [0.717, 1.165) is 8.96 Å². The SMILES string of the molecule is O=C1OC(C(=O)NCCCn2c(=O)ccc3ccc(F)cc32)c2ccc(I)cc21. The zero-order valence-corrected chi connectivity index (χ0v) is 17.3. The van der Waals surface area contributed by atoms with Gasteiger partial charge in [-0.25, -0.2) is 9.18 Å². The standard InChI is InChI=1S/C21H16FIN2O4/c22-13-4-2-12-3-7-18(26)25(17(12)10-13)9-1-8-24-20(27)19-15-6-5-14(23)11-16(15)21(28)29-19/h2-7,10-11,19H,1,8-9H2,(H,24,27). The monoisotopic (exact) mass is 506 g/mol. The molecule has 29 heavy (non-hydrogen) atoms. The average Bonchev–Trinajstić information content (AvgIpc) is 3.02. The first-order valence-corrected chi connectivity index (χ1v) is 10.1. The van der Waals surface area contributed by atoms with E-state index in [9.17, 15) is 18.8 Å². The summed E-state index contributed by atoms with van der Waals surface area (Å²) < 4.78 is 21.2. The molecule has 2 heterocycles. The van der Waals surface area contributed by atoms with E-state index in [2.05, 4.69) is 27.9 Å². The highest BCUT2D eigenvalue weighted by molar-refractivity contribution is 14.1. The van der Waals surface area contributed by atoms with Crippen molar-refractivity contribution < 1.29 is 18.7 Å². The van der Waals surface area contributed by atoms with Crippen molar-refractivity contribution in [3.05, 3.63) is 79.4 Å². The second-order valence-electron chi connectivity index (χ2n) is 6.69. The Morgan fingerprint density at radius 2 is 1.93 bits per heavy atom. The van der Waals surface area contributed by atoms with Crippen molar-refractivity contribution in [3.63, 3.8) is 0 Å². The Morgan fingerprint density at radius 1 is 1.14 bits per heavy atom. The number of aromatic nitrogens is 1. The van der Waals surface area contributed by atoms with Crippen LogP contribution in [0.25, 0.3) is 10.9 Å². The Bertz CT molecular complexity index is 1190. The summed E-state index contributed by atoms with van der Waals surface area (Å²) in [6, 6.07) is 12.6. The highest BCUT2D eigenvalue weighted by Crippen LogP contribution is 2.31. The Balaban J connectivity index is 1.41. The number of hydrogen-bond donors (Lipinski definition) is 1. The largest absolute Gasteiger partial charge is 0.444 e. The second-order valence-corrected chi connectivity index (χ2v) is 7.93. The van der Waals surface area contributed by atoms with Crippen molar-refractivity contribution in [1.82, 2.24) is 9.88 Å². The number of aryl methyl sites for hydroxylation is 1. The van der Waals surface area contributed by atoms with Gasteiger partial charge in [-0.15, -0.1) is 0 Å². The summed E-state index contributed by atoms with van der Waals surface area (Å²) in [5.74, 6) is -1.33. The molecule has 0 spiro atoms. The van der Waals surface area contributed by atoms with Gasteiger partial charge >= 0.3 is 5.97 Å². The number of fused-ring (bicyclic) bond motifs is 2. The number of amides is 1. The first-order chi connectivity index (χ1) is 13.9. The number of nitrogens with one attached hydrogen (secondary N) is 1. The van der Waals surface area contributed by atoms with Crippen LogP contribution in [0, 0.1) is 9.39 Å². The van der Waals surface area contributed by atoms with Crippen molar-refractivity contribution in [2.24, 2.45) is 0 Å². The van der Waals surface area contributed by atoms with Crippen molar-refractivity contribution >= 4 is 45.4 Å². The molecule has 6 nitrogen and oxygen atoms in total. The molecule has 4 rings (SSSR count). The third-order valence-corrected chi connectivity index (χ3v) is 5.46. The van der Waals surface area contributed by atoms with E-state index in [1.807, 2.05) is 6.07 Å². The molecule has 1 aliphatic rings. The highest BCUT2D eigenvalue weighted by atomic mass is 127. The number of cyclic esters (lactones) is 1. The normalized spacial score (nSPS) is 15.2. The lowest BCUT2D eigenvalue weighted by Crippen LogP contribution is -2.31. The van der Waals surface area contributed by atoms with Crippen LogP contribution in [0.5, 0.6) is 0 Å². The van der Waals surface area contributed by atoms with Gasteiger partial charge in [0.15, 0.2) is 0 Å². The molecule has 1 unspecified atom stereocenters. The van der Waals surface area contributed by atoms with Crippen LogP contribution in [0.15, 0.2) is 53.3 Å². The fourth-order valence-electron chi connectivity index (χ4n) is 3.40. The average molecular weight is 506 g/mol. The van der Waals surface area contributed by atoms with E-state index in [-0.39, 0.29) is 12.1 Å². The lowest BCUT2D eigenvalue weighted by atomic mass is 10.0. The Kier molecular flexibility index (Phi) is 5.35. The maximum Gasteiger partial charge on any atom is 0.339 e. The van der Waals surface area contributed by atoms with Gasteiger partial charge in [0, 0.05) is 28.3 Å². The van der Waals surface area contributed by atoms with Crippen LogP contribution < -0.4 is 10.9 Å². The summed E-state index contributed by atoms with van der Waals surface area (Å²) in [6.45, 7) is 0.601. The van der Waals surface area contributed by atoms with Crippen molar-refractivity contribution in [1.29, 1.82) is 0 Å². The zero-order chi connectivity index (χ0) is 20.5. The molecule has 1 N–H and O–H groups in total. The van der Waals surface area contributed by atoms with E-state index in [4.69, 9.17) is 4.74 Å². The first-order valence-electron chi connectivity index (χ1n) is 9.01. The smallest absolute Gasteiger partial charge is 0.339 e. The van der Waals surface area contributed by atoms with Gasteiger partial charge in [-0.2, -0.15) is 0 Å². The van der Waals surface area contributed by atoms with Crippen LogP contribution in [0.2, 0.25) is 0 Å². The molecule has 148 valence electrons. The molecular weight excluding hydrogens is 490 g/mol. The Hall–Kier alpha value is -2.75. The number of nitrogens with zero attached hydrogens (tertiary/aromatic N) is 1. The number of esters is 1. The number of benzene rings is 2. The van der Waals surface area contributed by atoms with E-state index >= 15 is 0 Å². The fraction of sp³-hybridized carbons (Fsp3) is 0.190. The number of pyridine rings is 1. The molecule has 1 aliphatic heterocycles. The van der Waals surface area contributed by atoms with Crippen LogP contribution in [-0.4, -0.2) is 23.0 Å². The Labute approximate surface area is 178 Å². The molecule has 0 fully saturated rings. The molecule has 1 aromatic heterocycles. The third kappa shape index (κ3) is 3.89. The molecule has 1 amide bonds. The van der Waals surface area contributed by atoms with E-state index < -0.39 is 23.8 Å². The molecule has 8 heteroatoms. The van der Waals surface area contributed by atoms with Crippen LogP contribution in [0.3, 0.4) is 0 Å². The lowest BCUT2D eigenvalue weighted by molar-refractivity contribution is -0.129. The molecule has 0 aliphatic carbocycles. The quantitative estimate of drug-likeness (QED) is 0.328. The molecule has 0 radical (unpaired) electrons. The van der Waals surface area contributed by atoms with Crippen molar-refractivity contribution in [2.75, 3.05) is 6.54 Å². The summed E-state index contributed by atoms with van der Waals surface area (Å²) in [7, 11) is 0. The van der Waals surface area contributed by atoms with Gasteiger partial charge in [0.2, 0.25) is 6.10 Å². The molecule has 0 saturated heterocycles. The number of carbonyl (C=O) groups is 2. The summed E-state index contributed by atoms with van der Waals surface area (Å²) in [6.07, 6.45) is -0.509. The number of carbonyl (C=O) groups excluding carboxylic acids is 2. The van der Waals surface area contributed by atoms with E-state index in [1.54, 1.807) is 24.3 Å². The number of hydrogen-bond acceptors (Lipinski definition) is 4. The summed E-state index contributed by atoms with van der Waals surface area (Å²) in [4.78, 5) is 36.6. The summed E-state index contributed by atoms with van der Waals surface area (Å²) in [5, 5.41) is 3.51. The predicted molar refractivity (Wildman–Crippen MR) is 113 cm³/mol. The summed E-state index contributed by atoms with van der Waals surface area (Å²) >= 11 is 2.09. The highest BCUT2D eigenvalue weighted by Gasteiger charge is 2.35. The first kappa shape index (κ1) is 19.6. The van der Waals surface area contributed by atoms with Gasteiger partial charge in [-0.05, 0) is 70.8 Å². The van der Waals surface area contributed by atoms with E-state index in [1.165, 1.54) is 22.8 Å². The minimum atomic E-state index is -0.969. The second kappa shape index (κ2) is 7.94. The van der Waals surface area contributed by atoms with Gasteiger partial charge in [-0.3, -0.25) is 9.59 Å². The molecule has 3 aromatic rings. The van der Waals surface area contributed by atoms with Crippen molar-refractivity contribution in [2.45, 2.75) is 19.1 Å². The van der Waals surface area contributed by atoms with Gasteiger partial charge in [0.25, 0.3) is 11.5 Å². The fourth-order valence-corrected chi connectivity index (χ4v) is 3.89. The lowest BCUT2D eigenvalue weighted by Gasteiger charge is -2.13. The van der Waals surface area contributed by atoms with Gasteiger partial charge in [0.05, 0.1) is 11.1 Å². The number of halogens is 2. The van der Waals surface area contributed by atoms with Crippen LogP contribution in [0.4, 0.5) is 4.39 Å². The van der Waals surface area contributed by atoms with Crippen LogP contribution >= 0.6 is 22.6 Å². The maximum absolute atomic E-state index is 13.6. The van der Waals surface area contributed by atoms with Crippen molar-refractivity contribution in [3.8, 4) is 0 Å². The van der Waals surface area contributed by atoms with Gasteiger partial charge < -0.3 is 14.6 Å². The minimum absolute atomic E-state index is 0.234. The predicted octanol–water partition coefficient (Wildman–Crippen LogP) is 3.16. The topological polar surface area (TPSA) is 77.4 Å². The number of ether oxygens (including phenoxy) is 1. The summed E-state index contributed by atoms with van der Waals surface area (Å²) in [5.41, 5.74) is 1.23. The van der Waals surface area contributed by atoms with Gasteiger partial charge in [-0.1, -0.05) is 6.07 Å². The van der Waals surface area contributed by atoms with Crippen LogP contribution in [0.1, 0.15) is 28.4 Å². The molecule has 0 bridgehead atoms. The van der Waals surface area contributed by atoms with Crippen LogP contribution in [-0.2, 0) is 16.1 Å².